The maximum Gasteiger partial charge on any atom is 0.0304 e. The van der Waals surface area contributed by atoms with Crippen LogP contribution < -0.4 is 5.32 Å². The van der Waals surface area contributed by atoms with Gasteiger partial charge in [0.15, 0.2) is 0 Å². The molecule has 1 N–H and O–H groups in total. The minimum absolute atomic E-state index is 0.383. The van der Waals surface area contributed by atoms with Crippen LogP contribution in [0.3, 0.4) is 0 Å². The molecule has 2 heteroatoms. The van der Waals surface area contributed by atoms with Gasteiger partial charge < -0.3 is 5.32 Å². The van der Waals surface area contributed by atoms with Gasteiger partial charge in [-0.15, -0.1) is 0 Å². The Bertz CT molecular complexity index is 268. The topological polar surface area (TPSA) is 15.3 Å². The molecule has 0 bridgehead atoms. The summed E-state index contributed by atoms with van der Waals surface area (Å²) < 4.78 is 0. The van der Waals surface area contributed by atoms with E-state index >= 15 is 0 Å². The van der Waals surface area contributed by atoms with Crippen molar-refractivity contribution in [2.24, 2.45) is 11.8 Å². The van der Waals surface area contributed by atoms with Gasteiger partial charge in [0.1, 0.15) is 0 Å². The van der Waals surface area contributed by atoms with Crippen molar-refractivity contribution in [3.05, 3.63) is 0 Å². The molecule has 1 aliphatic heterocycles. The predicted octanol–water partition coefficient (Wildman–Crippen LogP) is 3.67. The average molecular weight is 266 g/mol. The van der Waals surface area contributed by atoms with Gasteiger partial charge in [0.05, 0.1) is 0 Å². The lowest BCUT2D eigenvalue weighted by Crippen LogP contribution is -2.65. The van der Waals surface area contributed by atoms with Crippen LogP contribution in [0, 0.1) is 11.8 Å². The molecular weight excluding hydrogens is 232 g/mol. The van der Waals surface area contributed by atoms with Crippen molar-refractivity contribution in [2.45, 2.75) is 77.8 Å². The summed E-state index contributed by atoms with van der Waals surface area (Å²) in [5, 5.41) is 3.89. The first-order valence-corrected chi connectivity index (χ1v) is 8.63. The van der Waals surface area contributed by atoms with Crippen molar-refractivity contribution in [1.29, 1.82) is 0 Å². The van der Waals surface area contributed by atoms with Crippen LogP contribution in [0.25, 0.3) is 0 Å². The fourth-order valence-electron chi connectivity index (χ4n) is 3.78. The van der Waals surface area contributed by atoms with Crippen LogP contribution in [-0.2, 0) is 0 Å². The lowest BCUT2D eigenvalue weighted by Gasteiger charge is -2.51. The zero-order chi connectivity index (χ0) is 13.9. The first kappa shape index (κ1) is 15.3. The van der Waals surface area contributed by atoms with Gasteiger partial charge in [0, 0.05) is 31.2 Å². The van der Waals surface area contributed by atoms with E-state index < -0.39 is 0 Å². The minimum atomic E-state index is 0.383. The zero-order valence-corrected chi connectivity index (χ0v) is 13.5. The fourth-order valence-corrected chi connectivity index (χ4v) is 3.78. The van der Waals surface area contributed by atoms with E-state index in [1.165, 1.54) is 58.2 Å². The first-order valence-electron chi connectivity index (χ1n) is 8.63. The molecule has 0 amide bonds. The van der Waals surface area contributed by atoms with Gasteiger partial charge in [0.25, 0.3) is 0 Å². The highest BCUT2D eigenvalue weighted by molar-refractivity contribution is 4.98. The molecule has 19 heavy (non-hydrogen) atoms. The molecule has 2 rings (SSSR count). The van der Waals surface area contributed by atoms with Gasteiger partial charge >= 0.3 is 0 Å². The highest BCUT2D eigenvalue weighted by Crippen LogP contribution is 2.32. The maximum atomic E-state index is 3.89. The Hall–Kier alpha value is -0.0800. The summed E-state index contributed by atoms with van der Waals surface area (Å²) >= 11 is 0. The summed E-state index contributed by atoms with van der Waals surface area (Å²) in [5.41, 5.74) is 0.383. The Morgan fingerprint density at radius 2 is 1.89 bits per heavy atom. The van der Waals surface area contributed by atoms with Gasteiger partial charge in [-0.1, -0.05) is 40.5 Å². The van der Waals surface area contributed by atoms with Crippen molar-refractivity contribution in [3.8, 4) is 0 Å². The van der Waals surface area contributed by atoms with Crippen molar-refractivity contribution < 1.29 is 0 Å². The van der Waals surface area contributed by atoms with Gasteiger partial charge in [-0.25, -0.2) is 0 Å². The second kappa shape index (κ2) is 6.58. The fraction of sp³-hybridized carbons (Fsp3) is 1.00. The third-order valence-electron chi connectivity index (χ3n) is 6.03. The molecular formula is C17H34N2. The Labute approximate surface area is 120 Å². The highest BCUT2D eigenvalue weighted by Gasteiger charge is 2.39. The molecule has 112 valence electrons. The van der Waals surface area contributed by atoms with Gasteiger partial charge in [-0.05, 0) is 37.5 Å². The number of nitrogens with one attached hydrogen (secondary N) is 1. The Balaban J connectivity index is 2.03. The van der Waals surface area contributed by atoms with E-state index in [0.29, 0.717) is 5.54 Å². The molecule has 0 radical (unpaired) electrons. The van der Waals surface area contributed by atoms with Gasteiger partial charge in [0.2, 0.25) is 0 Å². The molecule has 2 nitrogen and oxygen atoms in total. The molecule has 2 fully saturated rings. The maximum absolute atomic E-state index is 3.89. The van der Waals surface area contributed by atoms with Gasteiger partial charge in [-0.3, -0.25) is 4.90 Å². The van der Waals surface area contributed by atoms with Crippen LogP contribution in [0.15, 0.2) is 0 Å². The molecule has 2 aliphatic rings. The van der Waals surface area contributed by atoms with E-state index in [-0.39, 0.29) is 0 Å². The molecule has 0 aromatic heterocycles. The summed E-state index contributed by atoms with van der Waals surface area (Å²) in [4.78, 5) is 2.85. The van der Waals surface area contributed by atoms with Crippen molar-refractivity contribution in [2.75, 3.05) is 19.6 Å². The molecule has 0 spiro atoms. The lowest BCUT2D eigenvalue weighted by molar-refractivity contribution is 0.0235. The van der Waals surface area contributed by atoms with E-state index in [1.807, 2.05) is 0 Å². The third-order valence-corrected chi connectivity index (χ3v) is 6.03. The van der Waals surface area contributed by atoms with Crippen LogP contribution >= 0.6 is 0 Å². The third kappa shape index (κ3) is 3.33. The van der Waals surface area contributed by atoms with E-state index in [4.69, 9.17) is 0 Å². The van der Waals surface area contributed by atoms with Crippen molar-refractivity contribution in [1.82, 2.24) is 10.2 Å². The smallest absolute Gasteiger partial charge is 0.0304 e. The number of hydrogen-bond donors (Lipinski definition) is 1. The van der Waals surface area contributed by atoms with Gasteiger partial charge in [-0.2, -0.15) is 0 Å². The van der Waals surface area contributed by atoms with Crippen LogP contribution in [0.5, 0.6) is 0 Å². The zero-order valence-electron chi connectivity index (χ0n) is 13.5. The second-order valence-electron chi connectivity index (χ2n) is 7.05. The molecule has 1 heterocycles. The van der Waals surface area contributed by atoms with Crippen molar-refractivity contribution in [3.63, 3.8) is 0 Å². The van der Waals surface area contributed by atoms with E-state index in [2.05, 4.69) is 37.9 Å². The van der Waals surface area contributed by atoms with E-state index in [9.17, 15) is 0 Å². The first-order chi connectivity index (χ1) is 9.14. The largest absolute Gasteiger partial charge is 0.308 e. The Kier molecular flexibility index (Phi) is 5.30. The molecule has 1 aliphatic carbocycles. The van der Waals surface area contributed by atoms with Crippen LogP contribution in [0.2, 0.25) is 0 Å². The summed E-state index contributed by atoms with van der Waals surface area (Å²) in [6.07, 6.45) is 8.25. The monoisotopic (exact) mass is 266 g/mol. The summed E-state index contributed by atoms with van der Waals surface area (Å²) in [5.74, 6) is 1.82. The molecule has 2 unspecified atom stereocenters. The molecule has 1 saturated heterocycles. The standard InChI is InChI=1S/C17H34N2/c1-5-14(4)16-11-18-17(6-2,7-3)13-19(16)12-15-9-8-10-15/h14-16,18H,5-13H2,1-4H3. The van der Waals surface area contributed by atoms with Crippen LogP contribution in [-0.4, -0.2) is 36.1 Å². The summed E-state index contributed by atoms with van der Waals surface area (Å²) in [6.45, 7) is 13.3. The predicted molar refractivity (Wildman–Crippen MR) is 83.5 cm³/mol. The van der Waals surface area contributed by atoms with E-state index in [0.717, 1.165) is 17.9 Å². The molecule has 0 aromatic rings. The molecule has 0 aromatic carbocycles. The highest BCUT2D eigenvalue weighted by atomic mass is 15.3. The quantitative estimate of drug-likeness (QED) is 0.789. The van der Waals surface area contributed by atoms with Crippen molar-refractivity contribution >= 4 is 0 Å². The molecule has 2 atom stereocenters. The lowest BCUT2D eigenvalue weighted by atomic mass is 9.81. The summed E-state index contributed by atoms with van der Waals surface area (Å²) in [7, 11) is 0. The van der Waals surface area contributed by atoms with Crippen LogP contribution in [0.1, 0.15) is 66.2 Å². The van der Waals surface area contributed by atoms with E-state index in [1.54, 1.807) is 0 Å². The number of nitrogens with zero attached hydrogens (tertiary/aromatic N) is 1. The average Bonchev–Trinajstić information content (AvgIpc) is 2.41. The SMILES string of the molecule is CCC(C)C1CNC(CC)(CC)CN1CC1CCC1. The number of piperazine rings is 1. The molecule has 1 saturated carbocycles. The Morgan fingerprint density at radius 3 is 2.37 bits per heavy atom. The number of hydrogen-bond acceptors (Lipinski definition) is 2. The minimum Gasteiger partial charge on any atom is -0.308 e. The Morgan fingerprint density at radius 1 is 1.21 bits per heavy atom. The normalized spacial score (nSPS) is 30.0. The van der Waals surface area contributed by atoms with Crippen LogP contribution in [0.4, 0.5) is 0 Å². The second-order valence-corrected chi connectivity index (χ2v) is 7.05. The summed E-state index contributed by atoms with van der Waals surface area (Å²) in [6, 6.07) is 0.761. The number of rotatable bonds is 6.